The Bertz CT molecular complexity index is 861. The van der Waals surface area contributed by atoms with E-state index >= 15 is 0 Å². The standard InChI is InChI=1S/C15H11NO5S/c17-14-11-8-4-5-9-12(11)22(20,21)16(14)13(15(18)19)10-6-2-1-3-7-10/h1-9,13H,(H,18,19). The average molecular weight is 317 g/mol. The van der Waals surface area contributed by atoms with Crippen LogP contribution in [0.2, 0.25) is 0 Å². The maximum atomic E-state index is 12.6. The summed E-state index contributed by atoms with van der Waals surface area (Å²) in [6.45, 7) is 0. The Morgan fingerprint density at radius 2 is 1.59 bits per heavy atom. The summed E-state index contributed by atoms with van der Waals surface area (Å²) in [4.78, 5) is 23.9. The molecular formula is C15H11NO5S. The van der Waals surface area contributed by atoms with Crippen molar-refractivity contribution in [2.24, 2.45) is 0 Å². The third kappa shape index (κ3) is 1.98. The number of benzene rings is 2. The van der Waals surface area contributed by atoms with E-state index in [-0.39, 0.29) is 16.0 Å². The van der Waals surface area contributed by atoms with Gasteiger partial charge in [0.1, 0.15) is 4.90 Å². The van der Waals surface area contributed by atoms with Gasteiger partial charge >= 0.3 is 5.97 Å². The van der Waals surface area contributed by atoms with Gasteiger partial charge in [-0.3, -0.25) is 4.79 Å². The number of hydrogen-bond donors (Lipinski definition) is 1. The average Bonchev–Trinajstić information content (AvgIpc) is 2.70. The Morgan fingerprint density at radius 3 is 2.18 bits per heavy atom. The van der Waals surface area contributed by atoms with Gasteiger partial charge in [0, 0.05) is 0 Å². The Kier molecular flexibility index (Phi) is 3.22. The van der Waals surface area contributed by atoms with Crippen molar-refractivity contribution in [3.8, 4) is 0 Å². The van der Waals surface area contributed by atoms with E-state index < -0.39 is 27.9 Å². The summed E-state index contributed by atoms with van der Waals surface area (Å²) in [5.74, 6) is -2.23. The van der Waals surface area contributed by atoms with Crippen molar-refractivity contribution in [1.82, 2.24) is 4.31 Å². The van der Waals surface area contributed by atoms with E-state index in [1.165, 1.54) is 36.4 Å². The monoisotopic (exact) mass is 317 g/mol. The van der Waals surface area contributed by atoms with E-state index in [1.54, 1.807) is 18.2 Å². The summed E-state index contributed by atoms with van der Waals surface area (Å²) in [5, 5.41) is 9.46. The van der Waals surface area contributed by atoms with E-state index in [9.17, 15) is 23.1 Å². The van der Waals surface area contributed by atoms with Crippen LogP contribution in [0.5, 0.6) is 0 Å². The number of rotatable bonds is 3. The number of carbonyl (C=O) groups excluding carboxylic acids is 1. The van der Waals surface area contributed by atoms with Gasteiger partial charge in [-0.15, -0.1) is 0 Å². The SMILES string of the molecule is O=C(O)C(c1ccccc1)N1C(=O)c2ccccc2S1(=O)=O. The lowest BCUT2D eigenvalue weighted by molar-refractivity contribution is -0.141. The first kappa shape index (κ1) is 14.3. The van der Waals surface area contributed by atoms with Crippen molar-refractivity contribution in [3.63, 3.8) is 0 Å². The number of carbonyl (C=O) groups is 2. The van der Waals surface area contributed by atoms with Gasteiger partial charge in [0.2, 0.25) is 0 Å². The Hall–Kier alpha value is -2.67. The minimum atomic E-state index is -4.19. The second-order valence-corrected chi connectivity index (χ2v) is 6.54. The van der Waals surface area contributed by atoms with E-state index in [2.05, 4.69) is 0 Å². The highest BCUT2D eigenvalue weighted by Crippen LogP contribution is 2.37. The zero-order chi connectivity index (χ0) is 15.9. The van der Waals surface area contributed by atoms with Gasteiger partial charge in [0.15, 0.2) is 6.04 Å². The summed E-state index contributed by atoms with van der Waals surface area (Å²) < 4.78 is 25.6. The number of nitrogens with zero attached hydrogens (tertiary/aromatic N) is 1. The predicted octanol–water partition coefficient (Wildman–Crippen LogP) is 1.66. The molecule has 0 bridgehead atoms. The normalized spacial score (nSPS) is 17.1. The second kappa shape index (κ2) is 4.96. The molecule has 1 atom stereocenters. The van der Waals surface area contributed by atoms with Crippen molar-refractivity contribution < 1.29 is 23.1 Å². The van der Waals surface area contributed by atoms with E-state index in [0.717, 1.165) is 0 Å². The smallest absolute Gasteiger partial charge is 0.332 e. The second-order valence-electron chi connectivity index (χ2n) is 4.75. The molecule has 0 fully saturated rings. The first-order valence-electron chi connectivity index (χ1n) is 6.40. The highest BCUT2D eigenvalue weighted by molar-refractivity contribution is 7.90. The van der Waals surface area contributed by atoms with Crippen molar-refractivity contribution >= 4 is 21.9 Å². The molecule has 2 aromatic rings. The molecule has 0 radical (unpaired) electrons. The van der Waals surface area contributed by atoms with Gasteiger partial charge in [-0.05, 0) is 17.7 Å². The van der Waals surface area contributed by atoms with Crippen LogP contribution in [0, 0.1) is 0 Å². The Balaban J connectivity index is 2.19. The topological polar surface area (TPSA) is 91.8 Å². The number of sulfonamides is 1. The fourth-order valence-electron chi connectivity index (χ4n) is 2.47. The summed E-state index contributed by atoms with van der Waals surface area (Å²) in [6.07, 6.45) is 0. The number of carboxylic acid groups (broad SMARTS) is 1. The zero-order valence-electron chi connectivity index (χ0n) is 11.2. The number of hydrogen-bond acceptors (Lipinski definition) is 4. The van der Waals surface area contributed by atoms with Crippen LogP contribution in [-0.2, 0) is 14.8 Å². The van der Waals surface area contributed by atoms with Crippen molar-refractivity contribution in [1.29, 1.82) is 0 Å². The van der Waals surface area contributed by atoms with Gasteiger partial charge < -0.3 is 5.11 Å². The molecule has 1 unspecified atom stereocenters. The fourth-order valence-corrected chi connectivity index (χ4v) is 4.17. The molecule has 22 heavy (non-hydrogen) atoms. The lowest BCUT2D eigenvalue weighted by atomic mass is 10.1. The van der Waals surface area contributed by atoms with Crippen LogP contribution in [0.15, 0.2) is 59.5 Å². The van der Waals surface area contributed by atoms with Gasteiger partial charge in [-0.25, -0.2) is 17.5 Å². The van der Waals surface area contributed by atoms with Gasteiger partial charge in [0.25, 0.3) is 15.9 Å². The quantitative estimate of drug-likeness (QED) is 0.929. The molecule has 112 valence electrons. The molecule has 0 spiro atoms. The predicted molar refractivity (Wildman–Crippen MR) is 76.6 cm³/mol. The molecule has 0 aromatic heterocycles. The van der Waals surface area contributed by atoms with E-state index in [4.69, 9.17) is 0 Å². The van der Waals surface area contributed by atoms with Crippen LogP contribution >= 0.6 is 0 Å². The largest absolute Gasteiger partial charge is 0.479 e. The molecule has 0 saturated heterocycles. The lowest BCUT2D eigenvalue weighted by Gasteiger charge is -2.23. The Morgan fingerprint density at radius 1 is 1.00 bits per heavy atom. The molecule has 0 aliphatic carbocycles. The highest BCUT2D eigenvalue weighted by atomic mass is 32.2. The van der Waals surface area contributed by atoms with Crippen LogP contribution in [0.1, 0.15) is 22.0 Å². The van der Waals surface area contributed by atoms with Crippen LogP contribution < -0.4 is 0 Å². The van der Waals surface area contributed by atoms with Crippen LogP contribution in [0.3, 0.4) is 0 Å². The molecule has 1 heterocycles. The maximum absolute atomic E-state index is 12.6. The van der Waals surface area contributed by atoms with E-state index in [0.29, 0.717) is 4.31 Å². The molecule has 3 rings (SSSR count). The summed E-state index contributed by atoms with van der Waals surface area (Å²) >= 11 is 0. The minimum Gasteiger partial charge on any atom is -0.479 e. The third-order valence-corrected chi connectivity index (χ3v) is 5.24. The van der Waals surface area contributed by atoms with Gasteiger partial charge in [-0.2, -0.15) is 0 Å². The molecule has 1 aliphatic heterocycles. The van der Waals surface area contributed by atoms with Crippen LogP contribution in [0.25, 0.3) is 0 Å². The highest BCUT2D eigenvalue weighted by Gasteiger charge is 2.47. The third-order valence-electron chi connectivity index (χ3n) is 3.44. The summed E-state index contributed by atoms with van der Waals surface area (Å²) in [6, 6.07) is 11.9. The molecule has 1 N–H and O–H groups in total. The molecule has 7 heteroatoms. The van der Waals surface area contributed by atoms with Crippen molar-refractivity contribution in [3.05, 3.63) is 65.7 Å². The van der Waals surface area contributed by atoms with Crippen LogP contribution in [0.4, 0.5) is 0 Å². The molecule has 6 nitrogen and oxygen atoms in total. The van der Waals surface area contributed by atoms with Crippen molar-refractivity contribution in [2.45, 2.75) is 10.9 Å². The number of fused-ring (bicyclic) bond motifs is 1. The molecule has 1 aliphatic rings. The Labute approximate surface area is 126 Å². The van der Waals surface area contributed by atoms with Crippen LogP contribution in [-0.4, -0.2) is 29.7 Å². The van der Waals surface area contributed by atoms with Crippen molar-refractivity contribution in [2.75, 3.05) is 0 Å². The van der Waals surface area contributed by atoms with E-state index in [1.807, 2.05) is 0 Å². The van der Waals surface area contributed by atoms with Gasteiger partial charge in [0.05, 0.1) is 5.56 Å². The molecule has 1 amide bonds. The number of carboxylic acids is 1. The fraction of sp³-hybridized carbons (Fsp3) is 0.0667. The first-order valence-corrected chi connectivity index (χ1v) is 7.84. The summed E-state index contributed by atoms with van der Waals surface area (Å²) in [7, 11) is -4.19. The molecular weight excluding hydrogens is 306 g/mol. The molecule has 2 aromatic carbocycles. The number of aliphatic carboxylic acids is 1. The number of amides is 1. The maximum Gasteiger partial charge on any atom is 0.332 e. The zero-order valence-corrected chi connectivity index (χ0v) is 12.0. The lowest BCUT2D eigenvalue weighted by Crippen LogP contribution is -2.38. The molecule has 0 saturated carbocycles. The van der Waals surface area contributed by atoms with Gasteiger partial charge in [-0.1, -0.05) is 42.5 Å². The minimum absolute atomic E-state index is 0.00955. The first-order chi connectivity index (χ1) is 10.4. The summed E-state index contributed by atoms with van der Waals surface area (Å²) in [5.41, 5.74) is 0.212.